The molecule has 23 heavy (non-hydrogen) atoms. The Morgan fingerprint density at radius 3 is 2.52 bits per heavy atom. The van der Waals surface area contributed by atoms with Gasteiger partial charge in [0.1, 0.15) is 0 Å². The van der Waals surface area contributed by atoms with Gasteiger partial charge in [0.15, 0.2) is 0 Å². The van der Waals surface area contributed by atoms with Gasteiger partial charge in [-0.05, 0) is 71.5 Å². The topological polar surface area (TPSA) is 55.4 Å². The van der Waals surface area contributed by atoms with Crippen LogP contribution in [0.3, 0.4) is 0 Å². The number of hydrogen-bond acceptors (Lipinski definition) is 3. The summed E-state index contributed by atoms with van der Waals surface area (Å²) in [5, 5.41) is 3.15. The lowest BCUT2D eigenvalue weighted by molar-refractivity contribution is 0.0505. The van der Waals surface area contributed by atoms with Crippen molar-refractivity contribution in [2.45, 2.75) is 13.3 Å². The van der Waals surface area contributed by atoms with Crippen molar-refractivity contribution < 1.29 is 14.3 Å². The zero-order valence-electron chi connectivity index (χ0n) is 12.4. The van der Waals surface area contributed by atoms with Crippen LogP contribution in [0.15, 0.2) is 42.5 Å². The lowest BCUT2D eigenvalue weighted by Gasteiger charge is -2.08. The lowest BCUT2D eigenvalue weighted by atomic mass is 10.2. The lowest BCUT2D eigenvalue weighted by Crippen LogP contribution is -2.13. The van der Waals surface area contributed by atoms with E-state index >= 15 is 0 Å². The van der Waals surface area contributed by atoms with Crippen molar-refractivity contribution in [3.05, 3.63) is 62.2 Å². The molecular weight excluding hydrogens is 429 g/mol. The van der Waals surface area contributed by atoms with Gasteiger partial charge in [0.05, 0.1) is 22.8 Å². The molecule has 2 rings (SSSR count). The van der Waals surface area contributed by atoms with Crippen molar-refractivity contribution in [3.8, 4) is 0 Å². The second kappa shape index (κ2) is 8.31. The van der Waals surface area contributed by atoms with Gasteiger partial charge in [0.2, 0.25) is 0 Å². The fourth-order valence-corrected chi connectivity index (χ4v) is 2.53. The van der Waals surface area contributed by atoms with Crippen LogP contribution < -0.4 is 5.32 Å². The van der Waals surface area contributed by atoms with Crippen LogP contribution in [0.4, 0.5) is 5.69 Å². The molecule has 0 radical (unpaired) electrons. The number of anilines is 1. The van der Waals surface area contributed by atoms with Crippen LogP contribution in [-0.4, -0.2) is 18.5 Å². The third-order valence-electron chi connectivity index (χ3n) is 2.99. The molecule has 2 aromatic rings. The molecule has 120 valence electrons. The molecule has 0 aliphatic carbocycles. The van der Waals surface area contributed by atoms with Gasteiger partial charge in [-0.3, -0.25) is 4.79 Å². The number of esters is 1. The molecular formula is C17H15ClINO3. The number of nitrogens with one attached hydrogen (secondary N) is 1. The molecule has 0 saturated heterocycles. The minimum Gasteiger partial charge on any atom is -0.462 e. The number of carbonyl (C=O) groups is 2. The summed E-state index contributed by atoms with van der Waals surface area (Å²) in [4.78, 5) is 24.0. The van der Waals surface area contributed by atoms with Crippen molar-refractivity contribution in [2.75, 3.05) is 11.9 Å². The van der Waals surface area contributed by atoms with Crippen LogP contribution in [0.25, 0.3) is 0 Å². The first-order valence-corrected chi connectivity index (χ1v) is 8.50. The molecule has 1 amide bonds. The minimum absolute atomic E-state index is 0.296. The number of hydrogen-bond donors (Lipinski definition) is 1. The zero-order valence-corrected chi connectivity index (χ0v) is 15.3. The Bertz CT molecular complexity index is 716. The van der Waals surface area contributed by atoms with Crippen molar-refractivity contribution in [2.24, 2.45) is 0 Å². The molecule has 0 aromatic heterocycles. The maximum Gasteiger partial charge on any atom is 0.338 e. The fourth-order valence-electron chi connectivity index (χ4n) is 1.84. The number of rotatable bonds is 5. The van der Waals surface area contributed by atoms with Gasteiger partial charge in [0.25, 0.3) is 5.91 Å². The first-order valence-electron chi connectivity index (χ1n) is 7.05. The standard InChI is InChI=1S/C17H15ClINO3/c1-2-9-23-17(22)11-3-6-13(7-4-11)20-16(21)14-10-12(19)5-8-15(14)18/h3-8,10H,2,9H2,1H3,(H,20,21). The Balaban J connectivity index is 2.07. The third kappa shape index (κ3) is 4.94. The second-order valence-corrected chi connectivity index (χ2v) is 6.44. The molecule has 2 aromatic carbocycles. The summed E-state index contributed by atoms with van der Waals surface area (Å²) in [5.41, 5.74) is 1.44. The summed E-state index contributed by atoms with van der Waals surface area (Å²) in [6, 6.07) is 11.8. The smallest absolute Gasteiger partial charge is 0.338 e. The van der Waals surface area contributed by atoms with E-state index in [0.29, 0.717) is 28.4 Å². The van der Waals surface area contributed by atoms with Crippen LogP contribution in [-0.2, 0) is 4.74 Å². The molecule has 1 N–H and O–H groups in total. The fraction of sp³-hybridized carbons (Fsp3) is 0.176. The Labute approximate surface area is 153 Å². The zero-order chi connectivity index (χ0) is 16.8. The van der Waals surface area contributed by atoms with E-state index in [4.69, 9.17) is 16.3 Å². The number of carbonyl (C=O) groups excluding carboxylic acids is 2. The van der Waals surface area contributed by atoms with Crippen molar-refractivity contribution in [3.63, 3.8) is 0 Å². The van der Waals surface area contributed by atoms with E-state index in [-0.39, 0.29) is 11.9 Å². The van der Waals surface area contributed by atoms with Crippen LogP contribution in [0, 0.1) is 3.57 Å². The van der Waals surface area contributed by atoms with Gasteiger partial charge in [-0.2, -0.15) is 0 Å². The molecule has 0 spiro atoms. The average molecular weight is 444 g/mol. The molecule has 0 saturated carbocycles. The number of amides is 1. The van der Waals surface area contributed by atoms with Crippen LogP contribution in [0.2, 0.25) is 5.02 Å². The Morgan fingerprint density at radius 2 is 1.87 bits per heavy atom. The highest BCUT2D eigenvalue weighted by molar-refractivity contribution is 14.1. The summed E-state index contributed by atoms with van der Waals surface area (Å²) in [7, 11) is 0. The van der Waals surface area contributed by atoms with E-state index in [1.54, 1.807) is 36.4 Å². The minimum atomic E-state index is -0.370. The number of ether oxygens (including phenoxy) is 1. The summed E-state index contributed by atoms with van der Waals surface area (Å²) >= 11 is 8.17. The van der Waals surface area contributed by atoms with E-state index in [9.17, 15) is 9.59 Å². The Morgan fingerprint density at radius 1 is 1.17 bits per heavy atom. The van der Waals surface area contributed by atoms with E-state index < -0.39 is 0 Å². The van der Waals surface area contributed by atoms with Crippen molar-refractivity contribution in [1.82, 2.24) is 0 Å². The Hall–Kier alpha value is -1.60. The van der Waals surface area contributed by atoms with Gasteiger partial charge < -0.3 is 10.1 Å². The first kappa shape index (κ1) is 17.7. The average Bonchev–Trinajstić information content (AvgIpc) is 2.55. The Kier molecular flexibility index (Phi) is 6.41. The van der Waals surface area contributed by atoms with Crippen molar-refractivity contribution in [1.29, 1.82) is 0 Å². The van der Waals surface area contributed by atoms with Gasteiger partial charge in [-0.1, -0.05) is 18.5 Å². The van der Waals surface area contributed by atoms with Crippen LogP contribution in [0.5, 0.6) is 0 Å². The molecule has 0 atom stereocenters. The van der Waals surface area contributed by atoms with E-state index in [1.807, 2.05) is 13.0 Å². The van der Waals surface area contributed by atoms with Crippen LogP contribution in [0.1, 0.15) is 34.1 Å². The highest BCUT2D eigenvalue weighted by Crippen LogP contribution is 2.20. The van der Waals surface area contributed by atoms with E-state index in [0.717, 1.165) is 9.99 Å². The highest BCUT2D eigenvalue weighted by atomic mass is 127. The normalized spacial score (nSPS) is 10.2. The highest BCUT2D eigenvalue weighted by Gasteiger charge is 2.12. The van der Waals surface area contributed by atoms with Gasteiger partial charge in [-0.15, -0.1) is 0 Å². The first-order chi connectivity index (χ1) is 11.0. The summed E-state index contributed by atoms with van der Waals surface area (Å²) in [5.74, 6) is -0.666. The molecule has 0 aliphatic heterocycles. The summed E-state index contributed by atoms with van der Waals surface area (Å²) in [6.45, 7) is 2.32. The molecule has 0 bridgehead atoms. The molecule has 0 unspecified atom stereocenters. The van der Waals surface area contributed by atoms with Crippen LogP contribution >= 0.6 is 34.2 Å². The maximum atomic E-state index is 12.3. The van der Waals surface area contributed by atoms with Gasteiger partial charge in [-0.25, -0.2) is 4.79 Å². The molecule has 6 heteroatoms. The van der Waals surface area contributed by atoms with Gasteiger partial charge in [0, 0.05) is 9.26 Å². The quantitative estimate of drug-likeness (QED) is 0.535. The van der Waals surface area contributed by atoms with E-state index in [1.165, 1.54) is 0 Å². The molecule has 0 heterocycles. The number of halogens is 2. The monoisotopic (exact) mass is 443 g/mol. The SMILES string of the molecule is CCCOC(=O)c1ccc(NC(=O)c2cc(I)ccc2Cl)cc1. The number of benzene rings is 2. The maximum absolute atomic E-state index is 12.3. The summed E-state index contributed by atoms with van der Waals surface area (Å²) < 4.78 is 5.97. The third-order valence-corrected chi connectivity index (χ3v) is 3.99. The van der Waals surface area contributed by atoms with E-state index in [2.05, 4.69) is 27.9 Å². The predicted octanol–water partition coefficient (Wildman–Crippen LogP) is 4.76. The molecule has 0 aliphatic rings. The molecule has 4 nitrogen and oxygen atoms in total. The summed E-state index contributed by atoms with van der Waals surface area (Å²) in [6.07, 6.45) is 0.774. The second-order valence-electron chi connectivity index (χ2n) is 4.79. The van der Waals surface area contributed by atoms with Crippen molar-refractivity contribution >= 4 is 51.8 Å². The van der Waals surface area contributed by atoms with Gasteiger partial charge >= 0.3 is 5.97 Å². The molecule has 0 fully saturated rings. The predicted molar refractivity (Wildman–Crippen MR) is 99.1 cm³/mol. The largest absolute Gasteiger partial charge is 0.462 e.